The molecule has 1 aromatic rings. The van der Waals surface area contributed by atoms with Gasteiger partial charge in [0, 0.05) is 42.1 Å². The Morgan fingerprint density at radius 2 is 2.06 bits per heavy atom. The van der Waals surface area contributed by atoms with Crippen LogP contribution in [-0.4, -0.2) is 35.6 Å². The lowest BCUT2D eigenvalue weighted by molar-refractivity contribution is 0.591. The van der Waals surface area contributed by atoms with Crippen molar-refractivity contribution in [2.75, 3.05) is 29.5 Å². The third kappa shape index (κ3) is 3.60. The van der Waals surface area contributed by atoms with E-state index in [1.165, 1.54) is 27.2 Å². The largest absolute Gasteiger partial charge is 0.346 e. The van der Waals surface area contributed by atoms with Crippen molar-refractivity contribution in [3.05, 3.63) is 10.6 Å². The van der Waals surface area contributed by atoms with Crippen LogP contribution in [0, 0.1) is 6.92 Å². The number of hydrogen-bond donors (Lipinski definition) is 1. The van der Waals surface area contributed by atoms with Gasteiger partial charge in [0.25, 0.3) is 0 Å². The van der Waals surface area contributed by atoms with Gasteiger partial charge in [-0.05, 0) is 6.92 Å². The van der Waals surface area contributed by atoms with Gasteiger partial charge in [0.2, 0.25) is 0 Å². The molecule has 2 heterocycles. The van der Waals surface area contributed by atoms with Gasteiger partial charge in [0.15, 0.2) is 5.13 Å². The number of nitrogens with one attached hydrogen (secondary N) is 1. The third-order valence-corrected chi connectivity index (χ3v) is 4.99. The van der Waals surface area contributed by atoms with Crippen molar-refractivity contribution in [3.63, 3.8) is 0 Å². The molecule has 0 spiro atoms. The lowest BCUT2D eigenvalue weighted by Gasteiger charge is -2.25. The van der Waals surface area contributed by atoms with Gasteiger partial charge in [0.1, 0.15) is 0 Å². The Bertz CT molecular complexity index is 357. The lowest BCUT2D eigenvalue weighted by Crippen LogP contribution is -2.32. The summed E-state index contributed by atoms with van der Waals surface area (Å²) in [7, 11) is 0. The number of rotatable bonds is 4. The summed E-state index contributed by atoms with van der Waals surface area (Å²) in [5.74, 6) is 2.47. The maximum Gasteiger partial charge on any atom is 0.185 e. The molecule has 5 heteroatoms. The van der Waals surface area contributed by atoms with Crippen molar-refractivity contribution in [1.29, 1.82) is 0 Å². The van der Waals surface area contributed by atoms with Crippen molar-refractivity contribution in [3.8, 4) is 0 Å². The van der Waals surface area contributed by atoms with Crippen LogP contribution in [0.3, 0.4) is 0 Å². The molecule has 3 nitrogen and oxygen atoms in total. The van der Waals surface area contributed by atoms with Crippen LogP contribution in [0.1, 0.15) is 24.4 Å². The van der Waals surface area contributed by atoms with Gasteiger partial charge in [-0.2, -0.15) is 11.8 Å². The van der Waals surface area contributed by atoms with E-state index < -0.39 is 0 Å². The van der Waals surface area contributed by atoms with E-state index in [4.69, 9.17) is 4.98 Å². The predicted octanol–water partition coefficient (Wildman–Crippen LogP) is 2.50. The molecule has 1 aliphatic rings. The Labute approximate surface area is 112 Å². The van der Waals surface area contributed by atoms with Crippen LogP contribution in [0.15, 0.2) is 0 Å². The van der Waals surface area contributed by atoms with Crippen molar-refractivity contribution >= 4 is 28.2 Å². The fourth-order valence-electron chi connectivity index (χ4n) is 1.76. The second-order valence-corrected chi connectivity index (χ2v) is 6.93. The summed E-state index contributed by atoms with van der Waals surface area (Å²) in [5.41, 5.74) is 1.19. The van der Waals surface area contributed by atoms with E-state index in [-0.39, 0.29) is 0 Å². The summed E-state index contributed by atoms with van der Waals surface area (Å²) < 4.78 is 0. The number of anilines is 1. The molecule has 0 unspecified atom stereocenters. The van der Waals surface area contributed by atoms with Gasteiger partial charge in [0.05, 0.1) is 5.69 Å². The van der Waals surface area contributed by atoms with Crippen LogP contribution in [0.25, 0.3) is 0 Å². The highest BCUT2D eigenvalue weighted by Gasteiger charge is 2.16. The van der Waals surface area contributed by atoms with Crippen molar-refractivity contribution in [1.82, 2.24) is 10.3 Å². The number of aryl methyl sites for hydroxylation is 1. The van der Waals surface area contributed by atoms with Crippen molar-refractivity contribution in [2.24, 2.45) is 0 Å². The summed E-state index contributed by atoms with van der Waals surface area (Å²) in [6.07, 6.45) is 0. The van der Waals surface area contributed by atoms with Crippen LogP contribution >= 0.6 is 23.1 Å². The van der Waals surface area contributed by atoms with Gasteiger partial charge in [-0.15, -0.1) is 11.3 Å². The zero-order valence-corrected chi connectivity index (χ0v) is 12.5. The molecule has 2 rings (SSSR count). The van der Waals surface area contributed by atoms with Crippen LogP contribution in [0.5, 0.6) is 0 Å². The van der Waals surface area contributed by atoms with Crippen LogP contribution in [0.2, 0.25) is 0 Å². The summed E-state index contributed by atoms with van der Waals surface area (Å²) in [6, 6.07) is 0.534. The van der Waals surface area contributed by atoms with Crippen molar-refractivity contribution in [2.45, 2.75) is 33.4 Å². The minimum Gasteiger partial charge on any atom is -0.346 e. The molecule has 1 saturated heterocycles. The maximum atomic E-state index is 4.71. The summed E-state index contributed by atoms with van der Waals surface area (Å²) >= 11 is 3.89. The van der Waals surface area contributed by atoms with Crippen LogP contribution in [0.4, 0.5) is 5.13 Å². The van der Waals surface area contributed by atoms with Crippen LogP contribution < -0.4 is 10.2 Å². The molecule has 0 atom stereocenters. The standard InChI is InChI=1S/C12H21N3S2/c1-9(2)13-8-11-10(3)14-12(17-11)15-4-6-16-7-5-15/h9,13H,4-8H2,1-3H3. The van der Waals surface area contributed by atoms with E-state index in [9.17, 15) is 0 Å². The topological polar surface area (TPSA) is 28.2 Å². The van der Waals surface area contributed by atoms with Crippen molar-refractivity contribution < 1.29 is 0 Å². The summed E-state index contributed by atoms with van der Waals surface area (Å²) in [5, 5.41) is 4.68. The first-order chi connectivity index (χ1) is 8.16. The quantitative estimate of drug-likeness (QED) is 0.911. The normalized spacial score (nSPS) is 16.8. The zero-order chi connectivity index (χ0) is 12.3. The van der Waals surface area contributed by atoms with Gasteiger partial charge < -0.3 is 10.2 Å². The molecule has 0 bridgehead atoms. The smallest absolute Gasteiger partial charge is 0.185 e. The van der Waals surface area contributed by atoms with E-state index in [0.29, 0.717) is 6.04 Å². The van der Waals surface area contributed by atoms with Crippen LogP contribution in [-0.2, 0) is 6.54 Å². The Kier molecular flexibility index (Phi) is 4.70. The van der Waals surface area contributed by atoms with Gasteiger partial charge >= 0.3 is 0 Å². The Morgan fingerprint density at radius 3 is 2.71 bits per heavy atom. The molecular formula is C12H21N3S2. The molecule has 96 valence electrons. The van der Waals surface area contributed by atoms with Gasteiger partial charge in [-0.3, -0.25) is 0 Å². The number of aromatic nitrogens is 1. The fraction of sp³-hybridized carbons (Fsp3) is 0.750. The number of hydrogen-bond acceptors (Lipinski definition) is 5. The maximum absolute atomic E-state index is 4.71. The molecule has 1 fully saturated rings. The summed E-state index contributed by atoms with van der Waals surface area (Å²) in [4.78, 5) is 8.51. The predicted molar refractivity (Wildman–Crippen MR) is 78.4 cm³/mol. The molecule has 17 heavy (non-hydrogen) atoms. The molecule has 0 aromatic carbocycles. The monoisotopic (exact) mass is 271 g/mol. The molecular weight excluding hydrogens is 250 g/mol. The Balaban J connectivity index is 2.01. The molecule has 1 N–H and O–H groups in total. The number of thiazole rings is 1. The zero-order valence-electron chi connectivity index (χ0n) is 10.8. The molecule has 0 amide bonds. The second-order valence-electron chi connectivity index (χ2n) is 4.64. The third-order valence-electron chi connectivity index (χ3n) is 2.83. The minimum absolute atomic E-state index is 0.534. The highest BCUT2D eigenvalue weighted by Crippen LogP contribution is 2.27. The molecule has 0 saturated carbocycles. The SMILES string of the molecule is Cc1nc(N2CCSCC2)sc1CNC(C)C. The van der Waals surface area contributed by atoms with E-state index in [1.807, 2.05) is 23.1 Å². The highest BCUT2D eigenvalue weighted by atomic mass is 32.2. The second kappa shape index (κ2) is 6.07. The lowest BCUT2D eigenvalue weighted by atomic mass is 10.3. The average molecular weight is 271 g/mol. The first-order valence-corrected chi connectivity index (χ1v) is 8.16. The van der Waals surface area contributed by atoms with E-state index in [0.717, 1.165) is 19.6 Å². The molecule has 0 radical (unpaired) electrons. The first kappa shape index (κ1) is 13.2. The molecule has 1 aliphatic heterocycles. The summed E-state index contributed by atoms with van der Waals surface area (Å²) in [6.45, 7) is 9.72. The van der Waals surface area contributed by atoms with E-state index >= 15 is 0 Å². The van der Waals surface area contributed by atoms with Gasteiger partial charge in [-0.1, -0.05) is 13.8 Å². The van der Waals surface area contributed by atoms with E-state index in [1.54, 1.807) is 0 Å². The minimum atomic E-state index is 0.534. The number of nitrogens with zero attached hydrogens (tertiary/aromatic N) is 2. The molecule has 1 aromatic heterocycles. The Hall–Kier alpha value is -0.260. The first-order valence-electron chi connectivity index (χ1n) is 6.19. The van der Waals surface area contributed by atoms with Gasteiger partial charge in [-0.25, -0.2) is 4.98 Å². The molecule has 0 aliphatic carbocycles. The Morgan fingerprint density at radius 1 is 1.35 bits per heavy atom. The highest BCUT2D eigenvalue weighted by molar-refractivity contribution is 7.99. The fourth-order valence-corrected chi connectivity index (χ4v) is 3.73. The average Bonchev–Trinajstić information content (AvgIpc) is 2.69. The van der Waals surface area contributed by atoms with E-state index in [2.05, 4.69) is 31.0 Å². The number of thioether (sulfide) groups is 1.